The van der Waals surface area contributed by atoms with Crippen LogP contribution in [0, 0.1) is 6.92 Å². The molecule has 1 fully saturated rings. The molecule has 1 aliphatic rings. The first-order chi connectivity index (χ1) is 32.7. The lowest BCUT2D eigenvalue weighted by atomic mass is 9.79. The molecule has 0 amide bonds. The molecule has 1 aromatic heterocycles. The summed E-state index contributed by atoms with van der Waals surface area (Å²) in [6.45, 7) is 20.1. The molecule has 2 heterocycles. The first-order valence-corrected chi connectivity index (χ1v) is 28.2. The SMILES string of the molecule is CCCCCCCCCCCCCCCCN1C[C@H](n2cc(C)c(=O)[nH]c2=O)O[C@@](COC(c2ccccc2)(c2ccc(OC)cc2)c2ccc(OC)cc2)(CO[Si](C(C)C)(C(C)C)C(C)C)C1. The minimum atomic E-state index is -2.46. The van der Waals surface area contributed by atoms with E-state index in [1.54, 1.807) is 31.9 Å². The molecule has 0 aliphatic carbocycles. The fraction of sp³-hybridized carbons (Fsp3) is 0.614. The summed E-state index contributed by atoms with van der Waals surface area (Å²) in [6.07, 6.45) is 19.1. The number of ether oxygens (including phenoxy) is 4. The lowest BCUT2D eigenvalue weighted by Crippen LogP contribution is -2.62. The number of H-pyrrole nitrogens is 1. The van der Waals surface area contributed by atoms with E-state index in [2.05, 4.69) is 94.7 Å². The van der Waals surface area contributed by atoms with Gasteiger partial charge in [-0.2, -0.15) is 0 Å². The highest BCUT2D eigenvalue weighted by Gasteiger charge is 2.51. The van der Waals surface area contributed by atoms with Crippen LogP contribution in [0.3, 0.4) is 0 Å². The largest absolute Gasteiger partial charge is 0.497 e. The highest BCUT2D eigenvalue weighted by Crippen LogP contribution is 2.46. The summed E-state index contributed by atoms with van der Waals surface area (Å²) in [4.78, 5) is 31.6. The van der Waals surface area contributed by atoms with Crippen molar-refractivity contribution in [3.05, 3.63) is 128 Å². The number of aryl methyl sites for hydroxylation is 1. The second kappa shape index (κ2) is 26.8. The number of methoxy groups -OCH3 is 2. The maximum Gasteiger partial charge on any atom is 0.330 e. The summed E-state index contributed by atoms with van der Waals surface area (Å²) in [7, 11) is 0.893. The molecule has 1 aliphatic heterocycles. The van der Waals surface area contributed by atoms with E-state index in [-0.39, 0.29) is 13.2 Å². The van der Waals surface area contributed by atoms with Gasteiger partial charge >= 0.3 is 5.69 Å². The van der Waals surface area contributed by atoms with E-state index in [0.29, 0.717) is 35.3 Å². The van der Waals surface area contributed by atoms with E-state index in [1.807, 2.05) is 42.5 Å². The van der Waals surface area contributed by atoms with Crippen LogP contribution in [0.4, 0.5) is 0 Å². The molecule has 2 atom stereocenters. The number of aromatic amines is 1. The Labute approximate surface area is 410 Å². The van der Waals surface area contributed by atoms with Gasteiger partial charge in [0, 0.05) is 24.8 Å². The summed E-state index contributed by atoms with van der Waals surface area (Å²) in [5.74, 6) is 1.49. The minimum Gasteiger partial charge on any atom is -0.497 e. The molecule has 376 valence electrons. The molecule has 1 N–H and O–H groups in total. The van der Waals surface area contributed by atoms with Crippen molar-refractivity contribution in [2.45, 2.75) is 179 Å². The molecule has 0 bridgehead atoms. The Balaban J connectivity index is 1.52. The maximum absolute atomic E-state index is 13.8. The lowest BCUT2D eigenvalue weighted by molar-refractivity contribution is -0.229. The van der Waals surface area contributed by atoms with E-state index in [0.717, 1.165) is 47.6 Å². The second-order valence-electron chi connectivity index (χ2n) is 20.5. The number of rotatable bonds is 30. The van der Waals surface area contributed by atoms with E-state index in [4.69, 9.17) is 23.4 Å². The van der Waals surface area contributed by atoms with Crippen LogP contribution in [0.2, 0.25) is 16.6 Å². The van der Waals surface area contributed by atoms with Crippen LogP contribution in [-0.4, -0.2) is 75.4 Å². The van der Waals surface area contributed by atoms with Crippen LogP contribution < -0.4 is 20.7 Å². The Morgan fingerprint density at radius 2 is 1.15 bits per heavy atom. The van der Waals surface area contributed by atoms with E-state index in [1.165, 1.54) is 77.0 Å². The number of nitrogens with one attached hydrogen (secondary N) is 1. The zero-order valence-electron chi connectivity index (χ0n) is 43.6. The number of unbranched alkanes of at least 4 members (excludes halogenated alkanes) is 13. The fourth-order valence-electron chi connectivity index (χ4n) is 11.0. The van der Waals surface area contributed by atoms with Crippen molar-refractivity contribution in [3.63, 3.8) is 0 Å². The Morgan fingerprint density at radius 1 is 0.676 bits per heavy atom. The molecule has 68 heavy (non-hydrogen) atoms. The number of nitrogens with zero attached hydrogens (tertiary/aromatic N) is 2. The third-order valence-electron chi connectivity index (χ3n) is 14.6. The molecule has 0 radical (unpaired) electrons. The Morgan fingerprint density at radius 3 is 1.62 bits per heavy atom. The molecule has 1 saturated heterocycles. The number of morpholine rings is 1. The first kappa shape index (κ1) is 54.9. The van der Waals surface area contributed by atoms with Crippen LogP contribution in [0.5, 0.6) is 11.5 Å². The van der Waals surface area contributed by atoms with Gasteiger partial charge in [0.1, 0.15) is 22.7 Å². The maximum atomic E-state index is 13.8. The van der Waals surface area contributed by atoms with Gasteiger partial charge in [0.05, 0.1) is 27.4 Å². The normalized spacial score (nSPS) is 17.1. The average molecular weight is 954 g/mol. The lowest BCUT2D eigenvalue weighted by Gasteiger charge is -2.50. The predicted octanol–water partition coefficient (Wildman–Crippen LogP) is 13.1. The van der Waals surface area contributed by atoms with Gasteiger partial charge in [0.25, 0.3) is 5.56 Å². The summed E-state index contributed by atoms with van der Waals surface area (Å²) < 4.78 is 35.6. The number of aromatic nitrogens is 2. The standard InChI is InChI=1S/C57H87N3O7Si/c1-11-12-13-14-15-16-17-18-19-20-21-22-23-27-38-59-40-53(60-39-47(8)54(61)58-55(60)62)67-56(41-59,43-66-68(44(2)3,45(4)5)46(6)7)42-65-57(48-28-25-24-26-29-48,49-30-34-51(63-9)35-31-49)50-32-36-52(64-10)37-33-50/h24-26,28-37,39,44-46,53H,11-23,27,38,40-43H2,1-10H3,(H,58,61,62)/t53-,56+/m1/s1. The quantitative estimate of drug-likeness (QED) is 0.0313. The Hall–Kier alpha value is -4.00. The highest BCUT2D eigenvalue weighted by atomic mass is 28.4. The van der Waals surface area contributed by atoms with Crippen molar-refractivity contribution in [2.24, 2.45) is 0 Å². The first-order valence-electron chi connectivity index (χ1n) is 26.1. The van der Waals surface area contributed by atoms with E-state index in [9.17, 15) is 9.59 Å². The molecule has 0 saturated carbocycles. The van der Waals surface area contributed by atoms with Crippen LogP contribution in [0.15, 0.2) is 94.6 Å². The fourth-order valence-corrected chi connectivity index (χ4v) is 16.5. The third-order valence-corrected chi connectivity index (χ3v) is 20.7. The van der Waals surface area contributed by atoms with Crippen molar-refractivity contribution < 1.29 is 23.4 Å². The smallest absolute Gasteiger partial charge is 0.330 e. The van der Waals surface area contributed by atoms with Gasteiger partial charge in [0.15, 0.2) is 14.5 Å². The second-order valence-corrected chi connectivity index (χ2v) is 25.9. The van der Waals surface area contributed by atoms with Crippen molar-refractivity contribution in [1.82, 2.24) is 14.5 Å². The van der Waals surface area contributed by atoms with E-state index >= 15 is 0 Å². The van der Waals surface area contributed by atoms with Gasteiger partial charge in [-0.05, 0) is 77.5 Å². The van der Waals surface area contributed by atoms with Crippen LogP contribution in [0.25, 0.3) is 0 Å². The van der Waals surface area contributed by atoms with Crippen molar-refractivity contribution in [1.29, 1.82) is 0 Å². The van der Waals surface area contributed by atoms with Gasteiger partial charge < -0.3 is 23.4 Å². The molecule has 10 nitrogen and oxygen atoms in total. The van der Waals surface area contributed by atoms with Crippen LogP contribution in [-0.2, 0) is 19.5 Å². The minimum absolute atomic E-state index is 0.127. The zero-order valence-corrected chi connectivity index (χ0v) is 44.6. The van der Waals surface area contributed by atoms with Gasteiger partial charge in [-0.25, -0.2) is 4.79 Å². The Kier molecular flexibility index (Phi) is 21.7. The highest BCUT2D eigenvalue weighted by molar-refractivity contribution is 6.77. The van der Waals surface area contributed by atoms with E-state index < -0.39 is 37.0 Å². The van der Waals surface area contributed by atoms with Crippen LogP contribution >= 0.6 is 0 Å². The third kappa shape index (κ3) is 14.1. The van der Waals surface area contributed by atoms with Crippen molar-refractivity contribution in [3.8, 4) is 11.5 Å². The summed E-state index contributed by atoms with van der Waals surface area (Å²) in [5, 5.41) is 0. The molecule has 0 unspecified atom stereocenters. The summed E-state index contributed by atoms with van der Waals surface area (Å²) in [6, 6.07) is 26.5. The van der Waals surface area contributed by atoms with Crippen molar-refractivity contribution >= 4 is 8.32 Å². The monoisotopic (exact) mass is 954 g/mol. The van der Waals surface area contributed by atoms with Gasteiger partial charge in [-0.3, -0.25) is 19.2 Å². The molecule has 5 rings (SSSR count). The van der Waals surface area contributed by atoms with Gasteiger partial charge in [0.2, 0.25) is 0 Å². The summed E-state index contributed by atoms with van der Waals surface area (Å²) >= 11 is 0. The van der Waals surface area contributed by atoms with Gasteiger partial charge in [-0.1, -0.05) is 187 Å². The molecular formula is C57H87N3O7Si. The Bertz CT molecular complexity index is 2100. The predicted molar refractivity (Wildman–Crippen MR) is 281 cm³/mol. The topological polar surface area (TPSA) is 104 Å². The van der Waals surface area contributed by atoms with Crippen molar-refractivity contribution in [2.75, 3.05) is 47.1 Å². The van der Waals surface area contributed by atoms with Gasteiger partial charge in [-0.15, -0.1) is 0 Å². The van der Waals surface area contributed by atoms with Crippen LogP contribution in [0.1, 0.15) is 167 Å². The number of hydrogen-bond acceptors (Lipinski definition) is 8. The molecule has 4 aromatic rings. The average Bonchev–Trinajstić information content (AvgIpc) is 3.33. The zero-order chi connectivity index (χ0) is 49.2. The molecule has 0 spiro atoms. The number of hydrogen-bond donors (Lipinski definition) is 1. The summed E-state index contributed by atoms with van der Waals surface area (Å²) in [5.41, 5.74) is 1.17. The number of benzene rings is 3. The molecule has 3 aromatic carbocycles. The molecule has 11 heteroatoms. The molecular weight excluding hydrogens is 867 g/mol.